The lowest BCUT2D eigenvalue weighted by molar-refractivity contribution is -0.177. The fourth-order valence-electron chi connectivity index (χ4n) is 1.29. The fraction of sp³-hybridized carbons (Fsp3) is 0.667. The summed E-state index contributed by atoms with van der Waals surface area (Å²) in [6.07, 6.45) is 3.94. The zero-order valence-corrected chi connectivity index (χ0v) is 11.1. The molecule has 0 heterocycles. The van der Waals surface area contributed by atoms with E-state index in [1.807, 2.05) is 0 Å². The summed E-state index contributed by atoms with van der Waals surface area (Å²) >= 11 is 0. The number of ether oxygens (including phenoxy) is 4. The molecule has 0 aliphatic heterocycles. The second-order valence-corrected chi connectivity index (χ2v) is 3.62. The van der Waals surface area contributed by atoms with Crippen molar-refractivity contribution in [1.29, 1.82) is 15.8 Å². The first kappa shape index (κ1) is 17.3. The van der Waals surface area contributed by atoms with E-state index in [4.69, 9.17) is 20.5 Å². The van der Waals surface area contributed by atoms with Gasteiger partial charge in [0.2, 0.25) is 6.10 Å². The van der Waals surface area contributed by atoms with Crippen molar-refractivity contribution in [2.75, 3.05) is 6.61 Å². The van der Waals surface area contributed by atoms with Crippen LogP contribution in [0.4, 0.5) is 0 Å². The molecule has 8 heteroatoms. The van der Waals surface area contributed by atoms with Crippen LogP contribution < -0.4 is 0 Å². The number of rotatable bonds is 10. The summed E-state index contributed by atoms with van der Waals surface area (Å²) in [5, 5.41) is 25.0. The summed E-state index contributed by atoms with van der Waals surface area (Å²) in [5.74, 6) is -0.769. The van der Waals surface area contributed by atoms with Gasteiger partial charge in [0.25, 0.3) is 25.1 Å². The first-order valence-electron chi connectivity index (χ1n) is 6.00. The van der Waals surface area contributed by atoms with E-state index in [-0.39, 0.29) is 13.0 Å². The van der Waals surface area contributed by atoms with Crippen molar-refractivity contribution in [2.45, 2.75) is 45.0 Å². The number of nitriles is 3. The summed E-state index contributed by atoms with van der Waals surface area (Å²) < 4.78 is 18.5. The highest BCUT2D eigenvalue weighted by Gasteiger charge is 2.25. The summed E-state index contributed by atoms with van der Waals surface area (Å²) in [6, 6.07) is 0. The molecule has 0 N–H and O–H groups in total. The van der Waals surface area contributed by atoms with Crippen LogP contribution in [0.3, 0.4) is 0 Å². The highest BCUT2D eigenvalue weighted by molar-refractivity contribution is 5.74. The maximum atomic E-state index is 11.7. The summed E-state index contributed by atoms with van der Waals surface area (Å²) in [6.45, 7) is 1.91. The van der Waals surface area contributed by atoms with Gasteiger partial charge in [-0.15, -0.1) is 0 Å². The van der Waals surface area contributed by atoms with E-state index in [9.17, 15) is 4.79 Å². The molecule has 0 aromatic carbocycles. The average Bonchev–Trinajstić information content (AvgIpc) is 2.45. The van der Waals surface area contributed by atoms with Crippen molar-refractivity contribution in [2.24, 2.45) is 0 Å². The van der Waals surface area contributed by atoms with E-state index in [2.05, 4.69) is 14.2 Å². The molecule has 0 bridgehead atoms. The highest BCUT2D eigenvalue weighted by atomic mass is 16.7. The molecule has 0 saturated heterocycles. The Bertz CT molecular complexity index is 407. The van der Waals surface area contributed by atoms with Gasteiger partial charge >= 0.3 is 5.97 Å². The maximum Gasteiger partial charge on any atom is 0.351 e. The zero-order chi connectivity index (χ0) is 15.2. The minimum Gasteiger partial charge on any atom is -0.428 e. The van der Waals surface area contributed by atoms with Crippen LogP contribution in [0.15, 0.2) is 0 Å². The van der Waals surface area contributed by atoms with Crippen LogP contribution in [0.25, 0.3) is 0 Å². The lowest BCUT2D eigenvalue weighted by atomic mass is 10.1. The molecule has 0 radical (unpaired) electrons. The predicted molar refractivity (Wildman–Crippen MR) is 62.8 cm³/mol. The first-order valence-corrected chi connectivity index (χ1v) is 6.00. The summed E-state index contributed by atoms with van der Waals surface area (Å²) in [5.41, 5.74) is 0. The Labute approximate surface area is 117 Å². The van der Waals surface area contributed by atoms with Gasteiger partial charge in [-0.1, -0.05) is 6.92 Å². The van der Waals surface area contributed by atoms with Crippen LogP contribution in [0.5, 0.6) is 0 Å². The van der Waals surface area contributed by atoms with Gasteiger partial charge in [0, 0.05) is 6.42 Å². The van der Waals surface area contributed by atoms with Crippen molar-refractivity contribution in [3.8, 4) is 18.8 Å². The minimum atomic E-state index is -1.06. The number of hydrogen-bond donors (Lipinski definition) is 0. The van der Waals surface area contributed by atoms with Crippen LogP contribution >= 0.6 is 0 Å². The molecule has 0 aromatic rings. The van der Waals surface area contributed by atoms with Gasteiger partial charge in [0.15, 0.2) is 0 Å². The Kier molecular flexibility index (Phi) is 9.91. The van der Waals surface area contributed by atoms with Crippen molar-refractivity contribution in [1.82, 2.24) is 0 Å². The Morgan fingerprint density at radius 2 is 1.80 bits per heavy atom. The van der Waals surface area contributed by atoms with Crippen LogP contribution in [-0.2, 0) is 23.7 Å². The Morgan fingerprint density at radius 1 is 1.10 bits per heavy atom. The van der Waals surface area contributed by atoms with Crippen LogP contribution in [0, 0.1) is 34.6 Å². The van der Waals surface area contributed by atoms with Crippen molar-refractivity contribution in [3.63, 3.8) is 0 Å². The molecule has 0 amide bonds. The zero-order valence-electron chi connectivity index (χ0n) is 11.1. The molecule has 20 heavy (non-hydrogen) atoms. The van der Waals surface area contributed by atoms with Gasteiger partial charge in [-0.05, 0) is 19.3 Å². The Hall–Kier alpha value is -2.66. The molecule has 0 spiro atoms. The predicted octanol–water partition coefficient (Wildman–Crippen LogP) is 1.30. The summed E-state index contributed by atoms with van der Waals surface area (Å²) in [4.78, 5) is 11.7. The monoisotopic (exact) mass is 281 g/mol. The fourth-order valence-corrected chi connectivity index (χ4v) is 1.29. The number of nitrogens with zero attached hydrogens (tertiary/aromatic N) is 3. The van der Waals surface area contributed by atoms with Crippen molar-refractivity contribution < 1.29 is 23.7 Å². The third-order valence-electron chi connectivity index (χ3n) is 2.25. The topological polar surface area (TPSA) is 125 Å². The lowest BCUT2D eigenvalue weighted by Gasteiger charge is -2.17. The number of carbonyl (C=O) groups is 1. The smallest absolute Gasteiger partial charge is 0.351 e. The van der Waals surface area contributed by atoms with Gasteiger partial charge in [-0.2, -0.15) is 15.8 Å². The standard InChI is InChI=1S/C12H15N3O5/c1-2-11(19-9-15)20-12(16)10(18-8-14)5-3-4-6-17-7-13/h10-11H,2-6H2,1H3. The number of esters is 1. The third kappa shape index (κ3) is 7.62. The SMILES string of the molecule is CCC(OC#N)OC(=O)C(CCCCOC#N)OC#N. The molecule has 8 nitrogen and oxygen atoms in total. The van der Waals surface area contributed by atoms with E-state index >= 15 is 0 Å². The first-order chi connectivity index (χ1) is 9.69. The highest BCUT2D eigenvalue weighted by Crippen LogP contribution is 2.10. The van der Waals surface area contributed by atoms with Gasteiger partial charge in [0.05, 0.1) is 0 Å². The molecule has 108 valence electrons. The quantitative estimate of drug-likeness (QED) is 0.254. The van der Waals surface area contributed by atoms with Crippen molar-refractivity contribution >= 4 is 5.97 Å². The van der Waals surface area contributed by atoms with Crippen LogP contribution in [0.2, 0.25) is 0 Å². The van der Waals surface area contributed by atoms with E-state index in [0.29, 0.717) is 19.3 Å². The normalized spacial score (nSPS) is 11.9. The molecule has 2 atom stereocenters. The number of carbonyl (C=O) groups excluding carboxylic acids is 1. The van der Waals surface area contributed by atoms with E-state index in [1.165, 1.54) is 18.8 Å². The lowest BCUT2D eigenvalue weighted by Crippen LogP contribution is -2.30. The van der Waals surface area contributed by atoms with Gasteiger partial charge < -0.3 is 18.9 Å². The second-order valence-electron chi connectivity index (χ2n) is 3.62. The maximum absolute atomic E-state index is 11.7. The second kappa shape index (κ2) is 11.4. The molecular weight excluding hydrogens is 266 g/mol. The van der Waals surface area contributed by atoms with E-state index in [1.54, 1.807) is 6.92 Å². The Balaban J connectivity index is 4.22. The number of unbranched alkanes of at least 4 members (excludes halogenated alkanes) is 1. The largest absolute Gasteiger partial charge is 0.428 e. The average molecular weight is 281 g/mol. The van der Waals surface area contributed by atoms with Gasteiger partial charge in [-0.3, -0.25) is 0 Å². The van der Waals surface area contributed by atoms with E-state index < -0.39 is 18.4 Å². The molecule has 0 rings (SSSR count). The minimum absolute atomic E-state index is 0.236. The van der Waals surface area contributed by atoms with Crippen LogP contribution in [-0.4, -0.2) is 25.0 Å². The molecular formula is C12H15N3O5. The van der Waals surface area contributed by atoms with Gasteiger partial charge in [-0.25, -0.2) is 4.79 Å². The molecule has 0 aromatic heterocycles. The molecule has 0 aliphatic carbocycles. The molecule has 0 saturated carbocycles. The van der Waals surface area contributed by atoms with E-state index in [0.717, 1.165) is 0 Å². The third-order valence-corrected chi connectivity index (χ3v) is 2.25. The van der Waals surface area contributed by atoms with Crippen LogP contribution in [0.1, 0.15) is 32.6 Å². The van der Waals surface area contributed by atoms with Crippen molar-refractivity contribution in [3.05, 3.63) is 0 Å². The molecule has 0 aliphatic rings. The Morgan fingerprint density at radius 3 is 2.35 bits per heavy atom. The van der Waals surface area contributed by atoms with Gasteiger partial charge in [0.1, 0.15) is 6.61 Å². The molecule has 0 fully saturated rings. The summed E-state index contributed by atoms with van der Waals surface area (Å²) in [7, 11) is 0. The molecule has 2 unspecified atom stereocenters. The number of hydrogen-bond acceptors (Lipinski definition) is 8.